The fourth-order valence-corrected chi connectivity index (χ4v) is 2.31. The fraction of sp³-hybridized carbons (Fsp3) is 0.562. The Morgan fingerprint density at radius 3 is 2.63 bits per heavy atom. The number of hydrogen-bond donors (Lipinski definition) is 1. The number of amides is 1. The molecule has 0 spiro atoms. The van der Waals surface area contributed by atoms with Crippen LogP contribution in [0.1, 0.15) is 44.6 Å². The molecule has 0 aromatic heterocycles. The number of nitrogens with zero attached hydrogens (tertiary/aromatic N) is 1. The Hall–Kier alpha value is -1.35. The van der Waals surface area contributed by atoms with Crippen molar-refractivity contribution in [3.8, 4) is 0 Å². The molecule has 0 radical (unpaired) electrons. The highest BCUT2D eigenvalue weighted by Crippen LogP contribution is 2.29. The first-order valence-corrected chi connectivity index (χ1v) is 7.32. The molecule has 1 aromatic carbocycles. The van der Waals surface area contributed by atoms with Gasteiger partial charge in [0.15, 0.2) is 0 Å². The van der Waals surface area contributed by atoms with Crippen LogP contribution in [0.4, 0.5) is 0 Å². The molecule has 3 nitrogen and oxygen atoms in total. The minimum absolute atomic E-state index is 0.125. The number of carbonyl (C=O) groups excluding carboxylic acids is 1. The molecule has 2 N–H and O–H groups in total. The quantitative estimate of drug-likeness (QED) is 0.819. The van der Waals surface area contributed by atoms with Gasteiger partial charge in [-0.05, 0) is 24.8 Å². The van der Waals surface area contributed by atoms with E-state index in [1.54, 1.807) is 0 Å². The molecule has 19 heavy (non-hydrogen) atoms. The van der Waals surface area contributed by atoms with E-state index < -0.39 is 0 Å². The first-order valence-electron chi connectivity index (χ1n) is 7.32. The molecule has 0 heterocycles. The van der Waals surface area contributed by atoms with Gasteiger partial charge < -0.3 is 10.6 Å². The second kappa shape index (κ2) is 6.71. The number of nitrogens with two attached hydrogens (primary N) is 1. The standard InChI is InChI=1S/C16H24N2O/c1-2-3-9-15(17)16(19)18(14-10-11-14)12-13-7-5-4-6-8-13/h4-8,14-15H,2-3,9-12,17H2,1H3/t15-/m0/s1. The van der Waals surface area contributed by atoms with Crippen molar-refractivity contribution < 1.29 is 4.79 Å². The van der Waals surface area contributed by atoms with Gasteiger partial charge in [0.05, 0.1) is 6.04 Å². The normalized spacial score (nSPS) is 16.1. The molecule has 1 amide bonds. The average molecular weight is 260 g/mol. The minimum atomic E-state index is -0.329. The van der Waals surface area contributed by atoms with Crippen LogP contribution in [0.25, 0.3) is 0 Å². The number of rotatable bonds is 7. The summed E-state index contributed by atoms with van der Waals surface area (Å²) < 4.78 is 0. The zero-order valence-electron chi connectivity index (χ0n) is 11.7. The third-order valence-electron chi connectivity index (χ3n) is 3.65. The molecule has 2 rings (SSSR count). The van der Waals surface area contributed by atoms with Crippen molar-refractivity contribution in [2.24, 2.45) is 5.73 Å². The van der Waals surface area contributed by atoms with E-state index in [0.29, 0.717) is 12.6 Å². The lowest BCUT2D eigenvalue weighted by Gasteiger charge is -2.25. The second-order valence-corrected chi connectivity index (χ2v) is 5.43. The van der Waals surface area contributed by atoms with Gasteiger partial charge in [0, 0.05) is 12.6 Å². The van der Waals surface area contributed by atoms with Crippen LogP contribution in [-0.2, 0) is 11.3 Å². The van der Waals surface area contributed by atoms with E-state index in [0.717, 1.165) is 32.1 Å². The molecular formula is C16H24N2O. The zero-order valence-corrected chi connectivity index (χ0v) is 11.7. The lowest BCUT2D eigenvalue weighted by molar-refractivity contribution is -0.134. The van der Waals surface area contributed by atoms with Crippen LogP contribution in [-0.4, -0.2) is 22.9 Å². The molecule has 0 aliphatic heterocycles. The molecular weight excluding hydrogens is 236 g/mol. The summed E-state index contributed by atoms with van der Waals surface area (Å²) in [5.41, 5.74) is 7.22. The number of hydrogen-bond acceptors (Lipinski definition) is 2. The van der Waals surface area contributed by atoms with E-state index in [1.165, 1.54) is 5.56 Å². The summed E-state index contributed by atoms with van der Waals surface area (Å²) in [7, 11) is 0. The van der Waals surface area contributed by atoms with Gasteiger partial charge in [0.1, 0.15) is 0 Å². The van der Waals surface area contributed by atoms with E-state index in [1.807, 2.05) is 23.1 Å². The van der Waals surface area contributed by atoms with Crippen molar-refractivity contribution in [1.29, 1.82) is 0 Å². The molecule has 0 saturated heterocycles. The van der Waals surface area contributed by atoms with Crippen LogP contribution < -0.4 is 5.73 Å². The summed E-state index contributed by atoms with van der Waals surface area (Å²) in [6.07, 6.45) is 5.16. The maximum atomic E-state index is 12.4. The number of benzene rings is 1. The van der Waals surface area contributed by atoms with Gasteiger partial charge in [-0.3, -0.25) is 4.79 Å². The molecule has 1 atom stereocenters. The van der Waals surface area contributed by atoms with Crippen LogP contribution in [0.15, 0.2) is 30.3 Å². The summed E-state index contributed by atoms with van der Waals surface area (Å²) in [6, 6.07) is 10.3. The molecule has 1 aromatic rings. The van der Waals surface area contributed by atoms with Crippen molar-refractivity contribution in [2.45, 2.75) is 57.7 Å². The Labute approximate surface area is 115 Å². The zero-order chi connectivity index (χ0) is 13.7. The summed E-state index contributed by atoms with van der Waals surface area (Å²) in [5.74, 6) is 0.125. The second-order valence-electron chi connectivity index (χ2n) is 5.43. The van der Waals surface area contributed by atoms with Gasteiger partial charge >= 0.3 is 0 Å². The topological polar surface area (TPSA) is 46.3 Å². The largest absolute Gasteiger partial charge is 0.334 e. The lowest BCUT2D eigenvalue weighted by atomic mass is 10.1. The predicted octanol–water partition coefficient (Wildman–Crippen LogP) is 2.70. The summed E-state index contributed by atoms with van der Waals surface area (Å²) in [4.78, 5) is 14.4. The molecule has 1 aliphatic rings. The number of unbranched alkanes of at least 4 members (excludes halogenated alkanes) is 1. The van der Waals surface area contributed by atoms with Crippen LogP contribution in [0.5, 0.6) is 0 Å². The molecule has 1 saturated carbocycles. The summed E-state index contributed by atoms with van der Waals surface area (Å²) in [5, 5.41) is 0. The van der Waals surface area contributed by atoms with E-state index in [-0.39, 0.29) is 11.9 Å². The van der Waals surface area contributed by atoms with Gasteiger partial charge in [-0.15, -0.1) is 0 Å². The summed E-state index contributed by atoms with van der Waals surface area (Å²) >= 11 is 0. The molecule has 3 heteroatoms. The van der Waals surface area contributed by atoms with Crippen molar-refractivity contribution in [3.05, 3.63) is 35.9 Å². The highest BCUT2D eigenvalue weighted by molar-refractivity contribution is 5.82. The van der Waals surface area contributed by atoms with Gasteiger partial charge in [-0.25, -0.2) is 0 Å². The average Bonchev–Trinajstić information content (AvgIpc) is 3.27. The monoisotopic (exact) mass is 260 g/mol. The summed E-state index contributed by atoms with van der Waals surface area (Å²) in [6.45, 7) is 2.82. The van der Waals surface area contributed by atoms with E-state index in [9.17, 15) is 4.79 Å². The molecule has 0 unspecified atom stereocenters. The van der Waals surface area contributed by atoms with E-state index >= 15 is 0 Å². The maximum absolute atomic E-state index is 12.4. The van der Waals surface area contributed by atoms with Gasteiger partial charge in [-0.1, -0.05) is 50.1 Å². The van der Waals surface area contributed by atoms with Gasteiger partial charge in [-0.2, -0.15) is 0 Å². The first kappa shape index (κ1) is 14.1. The molecule has 1 aliphatic carbocycles. The Kier molecular flexibility index (Phi) is 4.97. The number of carbonyl (C=O) groups is 1. The first-order chi connectivity index (χ1) is 9.22. The van der Waals surface area contributed by atoms with Crippen molar-refractivity contribution in [2.75, 3.05) is 0 Å². The highest BCUT2D eigenvalue weighted by Gasteiger charge is 2.34. The Bertz CT molecular complexity index is 400. The smallest absolute Gasteiger partial charge is 0.240 e. The Morgan fingerprint density at radius 1 is 1.37 bits per heavy atom. The fourth-order valence-electron chi connectivity index (χ4n) is 2.31. The van der Waals surface area contributed by atoms with Crippen molar-refractivity contribution in [3.63, 3.8) is 0 Å². The SMILES string of the molecule is CCCC[C@H](N)C(=O)N(Cc1ccccc1)C1CC1. The van der Waals surface area contributed by atoms with Crippen LogP contribution in [0.3, 0.4) is 0 Å². The van der Waals surface area contributed by atoms with Gasteiger partial charge in [0.25, 0.3) is 0 Å². The van der Waals surface area contributed by atoms with Crippen LogP contribution >= 0.6 is 0 Å². The van der Waals surface area contributed by atoms with Gasteiger partial charge in [0.2, 0.25) is 5.91 Å². The Morgan fingerprint density at radius 2 is 2.05 bits per heavy atom. The molecule has 0 bridgehead atoms. The Balaban J connectivity index is 1.97. The highest BCUT2D eigenvalue weighted by atomic mass is 16.2. The maximum Gasteiger partial charge on any atom is 0.240 e. The third-order valence-corrected chi connectivity index (χ3v) is 3.65. The molecule has 1 fully saturated rings. The van der Waals surface area contributed by atoms with Crippen molar-refractivity contribution >= 4 is 5.91 Å². The molecule has 104 valence electrons. The van der Waals surface area contributed by atoms with Crippen molar-refractivity contribution in [1.82, 2.24) is 4.90 Å². The van der Waals surface area contributed by atoms with E-state index in [4.69, 9.17) is 5.73 Å². The van der Waals surface area contributed by atoms with Crippen LogP contribution in [0.2, 0.25) is 0 Å². The van der Waals surface area contributed by atoms with Crippen LogP contribution in [0, 0.1) is 0 Å². The minimum Gasteiger partial charge on any atom is -0.334 e. The van der Waals surface area contributed by atoms with E-state index in [2.05, 4.69) is 19.1 Å². The predicted molar refractivity (Wildman–Crippen MR) is 77.5 cm³/mol. The lowest BCUT2D eigenvalue weighted by Crippen LogP contribution is -2.44. The third kappa shape index (κ3) is 4.06.